The molecule has 50 heavy (non-hydrogen) atoms. The lowest BCUT2D eigenvalue weighted by Crippen LogP contribution is -1.90. The van der Waals surface area contributed by atoms with Crippen LogP contribution >= 0.6 is 0 Å². The molecule has 2 nitrogen and oxygen atoms in total. The highest BCUT2D eigenvalue weighted by molar-refractivity contribution is 6.20. The van der Waals surface area contributed by atoms with Crippen LogP contribution in [0, 0.1) is 11.6 Å². The topological polar surface area (TPSA) is 26.3 Å². The molecule has 0 aliphatic rings. The van der Waals surface area contributed by atoms with E-state index in [2.05, 4.69) is 38.1 Å². The van der Waals surface area contributed by atoms with E-state index in [1.165, 1.54) is 77.0 Å². The van der Waals surface area contributed by atoms with Gasteiger partial charge in [-0.2, -0.15) is 0 Å². The number of benzene rings is 5. The molecule has 0 bridgehead atoms. The predicted molar refractivity (Wildman–Crippen MR) is 209 cm³/mol. The molecular formula is C46H52F2O2. The molecule has 0 spiro atoms. The second-order valence-corrected chi connectivity index (χ2v) is 14.6. The minimum Gasteiger partial charge on any atom is -0.453 e. The third-order valence-electron chi connectivity index (χ3n) is 11.0. The Hall–Kier alpha value is -3.92. The van der Waals surface area contributed by atoms with Gasteiger partial charge in [0.05, 0.1) is 10.8 Å². The van der Waals surface area contributed by atoms with Crippen molar-refractivity contribution in [2.24, 2.45) is 0 Å². The van der Waals surface area contributed by atoms with Gasteiger partial charge in [0, 0.05) is 21.9 Å². The summed E-state index contributed by atoms with van der Waals surface area (Å²) in [4.78, 5) is 0. The van der Waals surface area contributed by atoms with Crippen molar-refractivity contribution in [3.63, 3.8) is 0 Å². The fraction of sp³-hybridized carbons (Fsp3) is 0.435. The second-order valence-electron chi connectivity index (χ2n) is 14.6. The van der Waals surface area contributed by atoms with Gasteiger partial charge in [0.15, 0.2) is 22.8 Å². The maximum Gasteiger partial charge on any atom is 0.178 e. The molecule has 0 unspecified atom stereocenters. The van der Waals surface area contributed by atoms with Crippen LogP contribution in [-0.4, -0.2) is 0 Å². The summed E-state index contributed by atoms with van der Waals surface area (Å²) in [6, 6.07) is 20.3. The normalized spacial score (nSPS) is 12.2. The van der Waals surface area contributed by atoms with E-state index in [4.69, 9.17) is 8.83 Å². The minimum absolute atomic E-state index is 0.0158. The van der Waals surface area contributed by atoms with Gasteiger partial charge in [0.2, 0.25) is 0 Å². The first-order valence-corrected chi connectivity index (χ1v) is 19.6. The Morgan fingerprint density at radius 2 is 0.780 bits per heavy atom. The molecule has 0 amide bonds. The van der Waals surface area contributed by atoms with Crippen LogP contribution in [0.25, 0.3) is 65.4 Å². The lowest BCUT2D eigenvalue weighted by Gasteiger charge is -2.08. The highest BCUT2D eigenvalue weighted by atomic mass is 19.1. The minimum atomic E-state index is -0.540. The molecule has 2 heterocycles. The van der Waals surface area contributed by atoms with Gasteiger partial charge in [-0.3, -0.25) is 0 Å². The summed E-state index contributed by atoms with van der Waals surface area (Å²) in [5.74, 6) is -1.08. The van der Waals surface area contributed by atoms with E-state index in [9.17, 15) is 0 Å². The second kappa shape index (κ2) is 16.0. The summed E-state index contributed by atoms with van der Waals surface area (Å²) in [6.45, 7) is 4.49. The van der Waals surface area contributed by atoms with Gasteiger partial charge in [-0.05, 0) is 59.4 Å². The van der Waals surface area contributed by atoms with Gasteiger partial charge >= 0.3 is 0 Å². The Labute approximate surface area is 295 Å². The number of halogens is 2. The first kappa shape index (κ1) is 34.5. The van der Waals surface area contributed by atoms with Crippen LogP contribution in [0.5, 0.6) is 0 Å². The fourth-order valence-electron chi connectivity index (χ4n) is 8.30. The zero-order valence-electron chi connectivity index (χ0n) is 30.1. The van der Waals surface area contributed by atoms with Crippen molar-refractivity contribution in [2.45, 2.75) is 129 Å². The lowest BCUT2D eigenvalue weighted by molar-refractivity contribution is 0.564. The maximum atomic E-state index is 16.9. The molecule has 0 aliphatic heterocycles. The standard InChI is InChI=1S/C46H52F2O2/c1-3-5-7-9-11-13-15-17-27-35-33-25-21-19-23-31(33)29-37-39-41(47)46-40(42(48)45(39)49-43(35)37)38-30-32-24-20-22-26-34(32)36(44(38)50-46)28-18-16-14-12-10-8-6-4-2/h19-26,29-30H,3-18,27-28H2,1-2H3. The largest absolute Gasteiger partial charge is 0.453 e. The van der Waals surface area contributed by atoms with Crippen LogP contribution in [0.15, 0.2) is 69.5 Å². The summed E-state index contributed by atoms with van der Waals surface area (Å²) in [5, 5.41) is 5.82. The van der Waals surface area contributed by atoms with Crippen molar-refractivity contribution in [1.29, 1.82) is 0 Å². The molecular weight excluding hydrogens is 623 g/mol. The van der Waals surface area contributed by atoms with Gasteiger partial charge in [-0.25, -0.2) is 8.78 Å². The van der Waals surface area contributed by atoms with Crippen molar-refractivity contribution in [2.75, 3.05) is 0 Å². The van der Waals surface area contributed by atoms with E-state index in [0.717, 1.165) is 71.2 Å². The molecule has 0 atom stereocenters. The SMILES string of the molecule is CCCCCCCCCCc1c2ccccc2cc2c1oc1c(F)c3c(oc4c(CCCCCCCCCC)c5ccccc5cc43)c(F)c12. The van der Waals surface area contributed by atoms with E-state index in [0.29, 0.717) is 21.9 Å². The van der Waals surface area contributed by atoms with Crippen LogP contribution < -0.4 is 0 Å². The highest BCUT2D eigenvalue weighted by Gasteiger charge is 2.28. The third-order valence-corrected chi connectivity index (χ3v) is 11.0. The Morgan fingerprint density at radius 1 is 0.420 bits per heavy atom. The zero-order valence-corrected chi connectivity index (χ0v) is 30.1. The van der Waals surface area contributed by atoms with Crippen LogP contribution in [0.4, 0.5) is 8.78 Å². The Morgan fingerprint density at radius 3 is 1.18 bits per heavy atom. The van der Waals surface area contributed by atoms with E-state index in [1.54, 1.807) is 0 Å². The van der Waals surface area contributed by atoms with Crippen molar-refractivity contribution in [3.05, 3.63) is 83.4 Å². The average molecular weight is 675 g/mol. The number of rotatable bonds is 18. The highest BCUT2D eigenvalue weighted by Crippen LogP contribution is 2.45. The number of hydrogen-bond acceptors (Lipinski definition) is 2. The Balaban J connectivity index is 1.28. The third kappa shape index (κ3) is 6.75. The van der Waals surface area contributed by atoms with Crippen LogP contribution in [-0.2, 0) is 12.8 Å². The van der Waals surface area contributed by atoms with Gasteiger partial charge in [0.25, 0.3) is 0 Å². The van der Waals surface area contributed by atoms with Crippen molar-refractivity contribution >= 4 is 65.4 Å². The Kier molecular flexibility index (Phi) is 11.0. The molecule has 2 aromatic heterocycles. The molecule has 7 rings (SSSR count). The lowest BCUT2D eigenvalue weighted by atomic mass is 9.95. The number of fused-ring (bicyclic) bond motifs is 8. The summed E-state index contributed by atoms with van der Waals surface area (Å²) in [5.41, 5.74) is 3.24. The smallest absolute Gasteiger partial charge is 0.178 e. The van der Waals surface area contributed by atoms with Crippen LogP contribution in [0.2, 0.25) is 0 Å². The van der Waals surface area contributed by atoms with E-state index >= 15 is 8.78 Å². The van der Waals surface area contributed by atoms with E-state index < -0.39 is 11.6 Å². The molecule has 7 aromatic rings. The summed E-state index contributed by atoms with van der Waals surface area (Å²) in [7, 11) is 0. The first-order chi connectivity index (χ1) is 24.6. The van der Waals surface area contributed by atoms with E-state index in [-0.39, 0.29) is 21.9 Å². The van der Waals surface area contributed by atoms with Crippen molar-refractivity contribution in [1.82, 2.24) is 0 Å². The molecule has 0 N–H and O–H groups in total. The number of furan rings is 2. The monoisotopic (exact) mass is 674 g/mol. The molecule has 0 saturated heterocycles. The molecule has 262 valence electrons. The summed E-state index contributed by atoms with van der Waals surface area (Å²) in [6.07, 6.45) is 21.2. The number of unbranched alkanes of at least 4 members (excludes halogenated alkanes) is 14. The van der Waals surface area contributed by atoms with E-state index in [1.807, 2.05) is 36.4 Å². The Bertz CT molecular complexity index is 2080. The molecule has 0 fully saturated rings. The summed E-state index contributed by atoms with van der Waals surface area (Å²) < 4.78 is 46.7. The molecule has 0 aliphatic carbocycles. The van der Waals surface area contributed by atoms with Gasteiger partial charge in [-0.1, -0.05) is 152 Å². The van der Waals surface area contributed by atoms with Gasteiger partial charge in [-0.15, -0.1) is 0 Å². The number of aryl methyl sites for hydroxylation is 2. The van der Waals surface area contributed by atoms with Crippen molar-refractivity contribution < 1.29 is 17.6 Å². The van der Waals surface area contributed by atoms with Crippen molar-refractivity contribution in [3.8, 4) is 0 Å². The average Bonchev–Trinajstić information content (AvgIpc) is 3.72. The molecule has 4 heteroatoms. The molecule has 0 radical (unpaired) electrons. The van der Waals surface area contributed by atoms with Gasteiger partial charge in [0.1, 0.15) is 11.2 Å². The first-order valence-electron chi connectivity index (χ1n) is 19.6. The maximum absolute atomic E-state index is 16.9. The quantitative estimate of drug-likeness (QED) is 0.0847. The van der Waals surface area contributed by atoms with Crippen LogP contribution in [0.1, 0.15) is 128 Å². The molecule has 5 aromatic carbocycles. The zero-order chi connectivity index (χ0) is 34.5. The van der Waals surface area contributed by atoms with Gasteiger partial charge < -0.3 is 8.83 Å². The molecule has 0 saturated carbocycles. The predicted octanol–water partition coefficient (Wildman–Crippen LogP) is 15.4. The van der Waals surface area contributed by atoms with Crippen LogP contribution in [0.3, 0.4) is 0 Å². The fourth-order valence-corrected chi connectivity index (χ4v) is 8.30. The number of hydrogen-bond donors (Lipinski definition) is 0. The summed E-state index contributed by atoms with van der Waals surface area (Å²) >= 11 is 0.